The van der Waals surface area contributed by atoms with Gasteiger partial charge in [-0.1, -0.05) is 35.3 Å². The average molecular weight is 383 g/mol. The molecule has 7 heteroatoms. The quantitative estimate of drug-likeness (QED) is 0.795. The van der Waals surface area contributed by atoms with E-state index in [1.807, 2.05) is 0 Å². The number of carbonyl (C=O) groups is 1. The normalized spacial score (nSPS) is 16.8. The standard InChI is InChI=1S/C18H16Cl2O5/c19-11-2-1-10(16(20)5-11)8-24-12-3-4-13-15(9-25-17(13)6-12)14(7-21)18(22)23/h1-6,14-15,21H,7-9H2,(H,22,23). The van der Waals surface area contributed by atoms with Crippen LogP contribution in [-0.4, -0.2) is 29.4 Å². The largest absolute Gasteiger partial charge is 0.492 e. The van der Waals surface area contributed by atoms with Gasteiger partial charge in [-0.3, -0.25) is 4.79 Å². The van der Waals surface area contributed by atoms with E-state index in [0.717, 1.165) is 11.1 Å². The fraction of sp³-hybridized carbons (Fsp3) is 0.278. The number of aliphatic hydroxyl groups is 1. The van der Waals surface area contributed by atoms with Crippen LogP contribution >= 0.6 is 23.2 Å². The van der Waals surface area contributed by atoms with E-state index in [2.05, 4.69) is 0 Å². The number of hydrogen-bond acceptors (Lipinski definition) is 4. The summed E-state index contributed by atoms with van der Waals surface area (Å²) in [7, 11) is 0. The third-order valence-electron chi connectivity index (χ3n) is 4.21. The fourth-order valence-corrected chi connectivity index (χ4v) is 3.28. The lowest BCUT2D eigenvalue weighted by atomic mass is 9.88. The van der Waals surface area contributed by atoms with Gasteiger partial charge in [-0.2, -0.15) is 0 Å². The fourth-order valence-electron chi connectivity index (χ4n) is 2.82. The molecule has 2 N–H and O–H groups in total. The molecule has 0 radical (unpaired) electrons. The summed E-state index contributed by atoms with van der Waals surface area (Å²) in [4.78, 5) is 11.2. The Morgan fingerprint density at radius 3 is 2.76 bits per heavy atom. The van der Waals surface area contributed by atoms with Crippen LogP contribution in [0.1, 0.15) is 17.0 Å². The van der Waals surface area contributed by atoms with Crippen molar-refractivity contribution in [1.82, 2.24) is 0 Å². The van der Waals surface area contributed by atoms with Gasteiger partial charge in [0.1, 0.15) is 18.1 Å². The molecule has 2 atom stereocenters. The second-order valence-corrected chi connectivity index (χ2v) is 6.61. The molecule has 2 aromatic carbocycles. The molecule has 25 heavy (non-hydrogen) atoms. The molecule has 0 fully saturated rings. The van der Waals surface area contributed by atoms with E-state index in [0.29, 0.717) is 21.5 Å². The van der Waals surface area contributed by atoms with E-state index in [1.54, 1.807) is 36.4 Å². The minimum atomic E-state index is -1.04. The van der Waals surface area contributed by atoms with Gasteiger partial charge >= 0.3 is 5.97 Å². The lowest BCUT2D eigenvalue weighted by Gasteiger charge is -2.16. The molecule has 5 nitrogen and oxygen atoms in total. The van der Waals surface area contributed by atoms with E-state index in [9.17, 15) is 15.0 Å². The summed E-state index contributed by atoms with van der Waals surface area (Å²) >= 11 is 12.0. The topological polar surface area (TPSA) is 76.0 Å². The zero-order valence-electron chi connectivity index (χ0n) is 13.1. The second-order valence-electron chi connectivity index (χ2n) is 5.77. The Labute approximate surface area is 154 Å². The SMILES string of the molecule is O=C(O)C(CO)C1COc2cc(OCc3ccc(Cl)cc3Cl)ccc21. The predicted octanol–water partition coefficient (Wildman–Crippen LogP) is 3.74. The molecule has 132 valence electrons. The number of ether oxygens (including phenoxy) is 2. The summed E-state index contributed by atoms with van der Waals surface area (Å²) in [6, 6.07) is 10.4. The van der Waals surface area contributed by atoms with Crippen molar-refractivity contribution in [1.29, 1.82) is 0 Å². The Morgan fingerprint density at radius 2 is 2.08 bits per heavy atom. The molecule has 3 rings (SSSR count). The van der Waals surface area contributed by atoms with Crippen molar-refractivity contribution >= 4 is 29.2 Å². The zero-order valence-corrected chi connectivity index (χ0v) is 14.6. The molecular formula is C18H16Cl2O5. The summed E-state index contributed by atoms with van der Waals surface area (Å²) < 4.78 is 11.3. The van der Waals surface area contributed by atoms with Gasteiger partial charge in [-0.15, -0.1) is 0 Å². The van der Waals surface area contributed by atoms with Crippen LogP contribution in [0.25, 0.3) is 0 Å². The van der Waals surface area contributed by atoms with Gasteiger partial charge in [0.25, 0.3) is 0 Å². The molecule has 0 aromatic heterocycles. The molecule has 1 aliphatic rings. The van der Waals surface area contributed by atoms with Crippen LogP contribution in [0.4, 0.5) is 0 Å². The van der Waals surface area contributed by atoms with Crippen LogP contribution in [0.5, 0.6) is 11.5 Å². The number of halogens is 2. The maximum atomic E-state index is 11.2. The highest BCUT2D eigenvalue weighted by atomic mass is 35.5. The number of rotatable bonds is 6. The van der Waals surface area contributed by atoms with Crippen molar-refractivity contribution in [2.75, 3.05) is 13.2 Å². The van der Waals surface area contributed by atoms with Crippen LogP contribution in [0.3, 0.4) is 0 Å². The summed E-state index contributed by atoms with van der Waals surface area (Å²) in [5, 5.41) is 19.6. The van der Waals surface area contributed by atoms with E-state index in [1.165, 1.54) is 0 Å². The van der Waals surface area contributed by atoms with Gasteiger partial charge in [-0.05, 0) is 18.2 Å². The van der Waals surface area contributed by atoms with E-state index < -0.39 is 18.5 Å². The third kappa shape index (κ3) is 3.84. The summed E-state index contributed by atoms with van der Waals surface area (Å²) in [6.45, 7) is 0.0576. The molecule has 1 aliphatic heterocycles. The molecule has 2 aromatic rings. The molecule has 0 bridgehead atoms. The highest BCUT2D eigenvalue weighted by Gasteiger charge is 2.35. The number of hydrogen-bond donors (Lipinski definition) is 2. The van der Waals surface area contributed by atoms with Gasteiger partial charge in [0, 0.05) is 33.2 Å². The van der Waals surface area contributed by atoms with Crippen LogP contribution in [0.15, 0.2) is 36.4 Å². The monoisotopic (exact) mass is 382 g/mol. The first-order valence-electron chi connectivity index (χ1n) is 7.66. The van der Waals surface area contributed by atoms with E-state index >= 15 is 0 Å². The van der Waals surface area contributed by atoms with Crippen molar-refractivity contribution in [2.24, 2.45) is 5.92 Å². The molecule has 0 aliphatic carbocycles. The summed E-state index contributed by atoms with van der Waals surface area (Å²) in [6.07, 6.45) is 0. The van der Waals surface area contributed by atoms with Crippen LogP contribution < -0.4 is 9.47 Å². The molecule has 0 saturated heterocycles. The minimum absolute atomic E-state index is 0.222. The lowest BCUT2D eigenvalue weighted by molar-refractivity contribution is -0.144. The van der Waals surface area contributed by atoms with Crippen molar-refractivity contribution < 1.29 is 24.5 Å². The number of carboxylic acids is 1. The number of carboxylic acid groups (broad SMARTS) is 1. The van der Waals surface area contributed by atoms with E-state index in [4.69, 9.17) is 32.7 Å². The first-order chi connectivity index (χ1) is 12.0. The number of fused-ring (bicyclic) bond motifs is 1. The first kappa shape index (κ1) is 17.9. The Balaban J connectivity index is 1.73. The third-order valence-corrected chi connectivity index (χ3v) is 4.80. The Kier molecular flexibility index (Phi) is 5.37. The van der Waals surface area contributed by atoms with Gasteiger partial charge in [-0.25, -0.2) is 0 Å². The zero-order chi connectivity index (χ0) is 18.0. The molecule has 1 heterocycles. The van der Waals surface area contributed by atoms with Gasteiger partial charge in [0.05, 0.1) is 19.1 Å². The van der Waals surface area contributed by atoms with Crippen LogP contribution in [0, 0.1) is 5.92 Å². The van der Waals surface area contributed by atoms with Crippen molar-refractivity contribution in [3.05, 3.63) is 57.6 Å². The number of aliphatic carboxylic acids is 1. The summed E-state index contributed by atoms with van der Waals surface area (Å²) in [5.74, 6) is -1.15. The average Bonchev–Trinajstić information content (AvgIpc) is 2.97. The molecule has 0 amide bonds. The minimum Gasteiger partial charge on any atom is -0.492 e. The Bertz CT molecular complexity index is 793. The maximum absolute atomic E-state index is 11.2. The molecule has 0 saturated carbocycles. The first-order valence-corrected chi connectivity index (χ1v) is 8.42. The van der Waals surface area contributed by atoms with Crippen molar-refractivity contribution in [3.63, 3.8) is 0 Å². The highest BCUT2D eigenvalue weighted by molar-refractivity contribution is 6.35. The van der Waals surface area contributed by atoms with Gasteiger partial charge < -0.3 is 19.7 Å². The van der Waals surface area contributed by atoms with Crippen LogP contribution in [0.2, 0.25) is 10.0 Å². The van der Waals surface area contributed by atoms with Crippen LogP contribution in [-0.2, 0) is 11.4 Å². The number of aliphatic hydroxyl groups excluding tert-OH is 1. The maximum Gasteiger partial charge on any atom is 0.309 e. The second kappa shape index (κ2) is 7.52. The van der Waals surface area contributed by atoms with Gasteiger partial charge in [0.15, 0.2) is 0 Å². The summed E-state index contributed by atoms with van der Waals surface area (Å²) in [5.41, 5.74) is 1.56. The molecule has 2 unspecified atom stereocenters. The van der Waals surface area contributed by atoms with Crippen molar-refractivity contribution in [2.45, 2.75) is 12.5 Å². The predicted molar refractivity (Wildman–Crippen MR) is 93.7 cm³/mol. The van der Waals surface area contributed by atoms with E-state index in [-0.39, 0.29) is 19.1 Å². The Hall–Kier alpha value is -1.95. The lowest BCUT2D eigenvalue weighted by Crippen LogP contribution is -2.26. The smallest absolute Gasteiger partial charge is 0.309 e. The Morgan fingerprint density at radius 1 is 1.28 bits per heavy atom. The number of benzene rings is 2. The molecular weight excluding hydrogens is 367 g/mol. The highest BCUT2D eigenvalue weighted by Crippen LogP contribution is 2.40. The van der Waals surface area contributed by atoms with Crippen molar-refractivity contribution in [3.8, 4) is 11.5 Å². The van der Waals surface area contributed by atoms with Gasteiger partial charge in [0.2, 0.25) is 0 Å². The molecule has 0 spiro atoms.